The molecule has 0 N–H and O–H groups in total. The number of fused-ring (bicyclic) bond motifs is 1. The number of halogens is 1. The highest BCUT2D eigenvalue weighted by Crippen LogP contribution is 2.34. The van der Waals surface area contributed by atoms with E-state index >= 15 is 0 Å². The van der Waals surface area contributed by atoms with Crippen molar-refractivity contribution in [2.45, 2.75) is 32.2 Å². The molecule has 5 rings (SSSR count). The minimum absolute atomic E-state index is 0.0210. The molecule has 0 radical (unpaired) electrons. The molecule has 8 nitrogen and oxygen atoms in total. The van der Waals surface area contributed by atoms with Crippen LogP contribution in [0.3, 0.4) is 0 Å². The molecule has 0 saturated carbocycles. The number of pyridine rings is 1. The second kappa shape index (κ2) is 7.40. The molecule has 0 aliphatic carbocycles. The minimum Gasteiger partial charge on any atom is -0.349 e. The van der Waals surface area contributed by atoms with Gasteiger partial charge in [-0.25, -0.2) is 24.9 Å². The van der Waals surface area contributed by atoms with Crippen LogP contribution in [0, 0.1) is 5.95 Å². The average molecular weight is 405 g/mol. The fourth-order valence-electron chi connectivity index (χ4n) is 4.09. The van der Waals surface area contributed by atoms with Gasteiger partial charge in [0.15, 0.2) is 11.6 Å². The Hall–Kier alpha value is -3.49. The summed E-state index contributed by atoms with van der Waals surface area (Å²) >= 11 is 0. The van der Waals surface area contributed by atoms with E-state index in [0.717, 1.165) is 17.7 Å². The Labute approximate surface area is 172 Å². The zero-order valence-corrected chi connectivity index (χ0v) is 16.5. The Morgan fingerprint density at radius 1 is 1.03 bits per heavy atom. The number of nitrogens with zero attached hydrogens (tertiary/aromatic N) is 7. The number of aromatic nitrogens is 5. The van der Waals surface area contributed by atoms with Gasteiger partial charge in [-0.15, -0.1) is 0 Å². The van der Waals surface area contributed by atoms with E-state index in [1.807, 2.05) is 11.8 Å². The maximum absolute atomic E-state index is 14.3. The third kappa shape index (κ3) is 3.26. The molecule has 152 valence electrons. The second-order valence-electron chi connectivity index (χ2n) is 7.44. The average Bonchev–Trinajstić information content (AvgIpc) is 3.20. The third-order valence-corrected chi connectivity index (χ3v) is 5.62. The van der Waals surface area contributed by atoms with Crippen LogP contribution in [-0.2, 0) is 11.2 Å². The lowest BCUT2D eigenvalue weighted by Crippen LogP contribution is -2.35. The van der Waals surface area contributed by atoms with Crippen LogP contribution in [0.2, 0.25) is 0 Å². The molecule has 1 atom stereocenters. The molecule has 0 aromatic carbocycles. The number of carbonyl (C=O) groups excluding carboxylic acids is 1. The quantitative estimate of drug-likeness (QED) is 0.619. The molecule has 2 aliphatic heterocycles. The maximum Gasteiger partial charge on any atom is 0.227 e. The van der Waals surface area contributed by atoms with Crippen molar-refractivity contribution in [1.29, 1.82) is 0 Å². The van der Waals surface area contributed by atoms with Crippen molar-refractivity contribution in [1.82, 2.24) is 24.9 Å². The highest BCUT2D eigenvalue weighted by Gasteiger charge is 2.29. The van der Waals surface area contributed by atoms with Gasteiger partial charge in [0, 0.05) is 62.2 Å². The SMILES string of the molecule is CC1c2cnc(-c3ncccn3)nc2CCN1c1cc(N2CCCC2=O)cc(F)n1. The van der Waals surface area contributed by atoms with E-state index < -0.39 is 5.95 Å². The van der Waals surface area contributed by atoms with Gasteiger partial charge in [-0.3, -0.25) is 4.79 Å². The molecular weight excluding hydrogens is 385 g/mol. The monoisotopic (exact) mass is 405 g/mol. The molecule has 1 amide bonds. The molecule has 1 saturated heterocycles. The van der Waals surface area contributed by atoms with Gasteiger partial charge < -0.3 is 9.80 Å². The third-order valence-electron chi connectivity index (χ3n) is 5.62. The van der Waals surface area contributed by atoms with Crippen molar-refractivity contribution in [2.24, 2.45) is 0 Å². The van der Waals surface area contributed by atoms with Gasteiger partial charge in [0.2, 0.25) is 11.9 Å². The van der Waals surface area contributed by atoms with E-state index in [9.17, 15) is 9.18 Å². The number of amides is 1. The van der Waals surface area contributed by atoms with Crippen molar-refractivity contribution in [3.63, 3.8) is 0 Å². The lowest BCUT2D eigenvalue weighted by atomic mass is 9.99. The number of rotatable bonds is 3. The Bertz CT molecular complexity index is 1110. The van der Waals surface area contributed by atoms with Crippen molar-refractivity contribution >= 4 is 17.4 Å². The van der Waals surface area contributed by atoms with E-state index in [2.05, 4.69) is 24.9 Å². The summed E-state index contributed by atoms with van der Waals surface area (Å²) in [6.45, 7) is 3.26. The molecule has 0 bridgehead atoms. The van der Waals surface area contributed by atoms with E-state index in [1.54, 1.807) is 35.6 Å². The first-order valence-electron chi connectivity index (χ1n) is 9.98. The van der Waals surface area contributed by atoms with Crippen LogP contribution < -0.4 is 9.80 Å². The van der Waals surface area contributed by atoms with Crippen LogP contribution in [0.5, 0.6) is 0 Å². The molecular formula is C21H20FN7O. The van der Waals surface area contributed by atoms with E-state index in [4.69, 9.17) is 0 Å². The van der Waals surface area contributed by atoms with Crippen LogP contribution >= 0.6 is 0 Å². The fraction of sp³-hybridized carbons (Fsp3) is 0.333. The Morgan fingerprint density at radius 2 is 1.87 bits per heavy atom. The van der Waals surface area contributed by atoms with E-state index in [0.29, 0.717) is 49.1 Å². The molecule has 3 aromatic heterocycles. The Kier molecular flexibility index (Phi) is 4.57. The zero-order chi connectivity index (χ0) is 20.7. The smallest absolute Gasteiger partial charge is 0.227 e. The van der Waals surface area contributed by atoms with Gasteiger partial charge in [0.1, 0.15) is 5.82 Å². The second-order valence-corrected chi connectivity index (χ2v) is 7.44. The zero-order valence-electron chi connectivity index (χ0n) is 16.5. The Morgan fingerprint density at radius 3 is 2.63 bits per heavy atom. The topological polar surface area (TPSA) is 88.0 Å². The predicted molar refractivity (Wildman–Crippen MR) is 108 cm³/mol. The lowest BCUT2D eigenvalue weighted by molar-refractivity contribution is -0.117. The first kappa shape index (κ1) is 18.5. The molecule has 2 aliphatic rings. The number of hydrogen-bond acceptors (Lipinski definition) is 7. The Balaban J connectivity index is 1.46. The summed E-state index contributed by atoms with van der Waals surface area (Å²) in [5.74, 6) is 0.926. The van der Waals surface area contributed by atoms with Crippen LogP contribution in [0.25, 0.3) is 11.6 Å². The fourth-order valence-corrected chi connectivity index (χ4v) is 4.09. The molecule has 5 heterocycles. The van der Waals surface area contributed by atoms with Gasteiger partial charge in [0.25, 0.3) is 0 Å². The summed E-state index contributed by atoms with van der Waals surface area (Å²) in [6.07, 6.45) is 7.06. The predicted octanol–water partition coefficient (Wildman–Crippen LogP) is 2.72. The summed E-state index contributed by atoms with van der Waals surface area (Å²) in [7, 11) is 0. The van der Waals surface area contributed by atoms with Gasteiger partial charge in [-0.05, 0) is 19.4 Å². The number of anilines is 2. The molecule has 1 fully saturated rings. The highest BCUT2D eigenvalue weighted by molar-refractivity contribution is 5.95. The first-order valence-corrected chi connectivity index (χ1v) is 9.98. The maximum atomic E-state index is 14.3. The van der Waals surface area contributed by atoms with Crippen LogP contribution in [0.15, 0.2) is 36.8 Å². The van der Waals surface area contributed by atoms with Crippen LogP contribution in [0.4, 0.5) is 15.9 Å². The first-order chi connectivity index (χ1) is 14.6. The van der Waals surface area contributed by atoms with Gasteiger partial charge in [0.05, 0.1) is 17.4 Å². The van der Waals surface area contributed by atoms with Crippen molar-refractivity contribution in [3.05, 3.63) is 54.0 Å². The molecule has 9 heteroatoms. The van der Waals surface area contributed by atoms with Gasteiger partial charge in [-0.2, -0.15) is 4.39 Å². The summed E-state index contributed by atoms with van der Waals surface area (Å²) in [4.78, 5) is 37.4. The highest BCUT2D eigenvalue weighted by atomic mass is 19.1. The van der Waals surface area contributed by atoms with Crippen molar-refractivity contribution in [2.75, 3.05) is 22.9 Å². The summed E-state index contributed by atoms with van der Waals surface area (Å²) in [5.41, 5.74) is 2.46. The molecule has 3 aromatic rings. The number of carbonyl (C=O) groups is 1. The largest absolute Gasteiger partial charge is 0.349 e. The summed E-state index contributed by atoms with van der Waals surface area (Å²) in [5, 5.41) is 0. The normalized spacial score (nSPS) is 18.6. The minimum atomic E-state index is -0.590. The summed E-state index contributed by atoms with van der Waals surface area (Å²) < 4.78 is 14.3. The van der Waals surface area contributed by atoms with Crippen LogP contribution in [0.1, 0.15) is 37.1 Å². The summed E-state index contributed by atoms with van der Waals surface area (Å²) in [6, 6.07) is 4.78. The molecule has 1 unspecified atom stereocenters. The van der Waals surface area contributed by atoms with Crippen LogP contribution in [-0.4, -0.2) is 43.9 Å². The number of hydrogen-bond donors (Lipinski definition) is 0. The van der Waals surface area contributed by atoms with Gasteiger partial charge in [-0.1, -0.05) is 0 Å². The van der Waals surface area contributed by atoms with Crippen molar-refractivity contribution < 1.29 is 9.18 Å². The van der Waals surface area contributed by atoms with E-state index in [-0.39, 0.29) is 11.9 Å². The lowest BCUT2D eigenvalue weighted by Gasteiger charge is -2.35. The molecule has 0 spiro atoms. The van der Waals surface area contributed by atoms with Crippen molar-refractivity contribution in [3.8, 4) is 11.6 Å². The van der Waals surface area contributed by atoms with E-state index in [1.165, 1.54) is 6.07 Å². The standard InChI is InChI=1S/C21H20FN7O/c1-13-15-12-25-21(20-23-6-3-7-24-20)26-16(15)5-9-28(13)18-11-14(10-17(22)27-18)29-8-2-4-19(29)30/h3,6-7,10-13H,2,4-5,8-9H2,1H3. The molecule has 30 heavy (non-hydrogen) atoms. The van der Waals surface area contributed by atoms with Gasteiger partial charge >= 0.3 is 0 Å².